The molecule has 2 aromatic heterocycles. The van der Waals surface area contributed by atoms with Gasteiger partial charge in [0.15, 0.2) is 0 Å². The molecule has 2 heterocycles. The lowest BCUT2D eigenvalue weighted by Crippen LogP contribution is -2.29. The van der Waals surface area contributed by atoms with Crippen molar-refractivity contribution >= 4 is 46.0 Å². The number of aryl methyl sites for hydroxylation is 1. The third kappa shape index (κ3) is 2.88. The average Bonchev–Trinajstić information content (AvgIpc) is 2.90. The fourth-order valence-corrected chi connectivity index (χ4v) is 2.91. The van der Waals surface area contributed by atoms with E-state index in [9.17, 15) is 5.21 Å². The fraction of sp³-hybridized carbons (Fsp3) is 0.133. The third-order valence-electron chi connectivity index (χ3n) is 3.22. The van der Waals surface area contributed by atoms with Crippen LogP contribution in [0.25, 0.3) is 11.0 Å². The van der Waals surface area contributed by atoms with Gasteiger partial charge in [0, 0.05) is 23.0 Å². The molecule has 0 bridgehead atoms. The molecule has 0 spiro atoms. The summed E-state index contributed by atoms with van der Waals surface area (Å²) in [5.41, 5.74) is 2.18. The lowest BCUT2D eigenvalue weighted by atomic mass is 10.3. The van der Waals surface area contributed by atoms with Crippen LogP contribution in [0.15, 0.2) is 40.9 Å². The van der Waals surface area contributed by atoms with Gasteiger partial charge in [0.1, 0.15) is 5.52 Å². The zero-order valence-corrected chi connectivity index (χ0v) is 13.6. The largest absolute Gasteiger partial charge is 0.618 e. The van der Waals surface area contributed by atoms with Crippen LogP contribution < -0.4 is 9.74 Å². The molecule has 1 aromatic carbocycles. The number of fused-ring (bicyclic) bond motifs is 1. The molecule has 0 saturated carbocycles. The van der Waals surface area contributed by atoms with Crippen molar-refractivity contribution in [3.63, 3.8) is 0 Å². The molecule has 0 aliphatic carbocycles. The summed E-state index contributed by atoms with van der Waals surface area (Å²) in [6.07, 6.45) is 3.15. The maximum atomic E-state index is 12.1. The number of hydrogen-bond acceptors (Lipinski definition) is 5. The Kier molecular flexibility index (Phi) is 3.96. The Labute approximate surface area is 136 Å². The van der Waals surface area contributed by atoms with E-state index in [0.29, 0.717) is 21.9 Å². The molecular weight excluding hydrogens is 320 g/mol. The van der Waals surface area contributed by atoms with Gasteiger partial charge in [-0.1, -0.05) is 11.6 Å². The molecule has 0 unspecified atom stereocenters. The number of halogens is 1. The highest BCUT2D eigenvalue weighted by molar-refractivity contribution is 7.11. The fourth-order valence-electron chi connectivity index (χ4n) is 1.97. The number of nitrogens with zero attached hydrogens (tertiary/aromatic N) is 4. The van der Waals surface area contributed by atoms with Gasteiger partial charge in [-0.25, -0.2) is 9.99 Å². The van der Waals surface area contributed by atoms with Crippen LogP contribution in [0.3, 0.4) is 0 Å². The lowest BCUT2D eigenvalue weighted by molar-refractivity contribution is -0.576. The first-order valence-corrected chi connectivity index (χ1v) is 7.81. The number of anilines is 1. The molecule has 7 heteroatoms. The van der Waals surface area contributed by atoms with E-state index in [4.69, 9.17) is 11.6 Å². The maximum absolute atomic E-state index is 12.1. The van der Waals surface area contributed by atoms with E-state index in [1.165, 1.54) is 11.8 Å². The Bertz CT molecular complexity index is 862. The Morgan fingerprint density at radius 2 is 2.23 bits per heavy atom. The SMILES string of the molecule is Cc1ccsc1/C=N/N(C)c1c[n+]([O-])c2cc(Cl)ccc2n1. The van der Waals surface area contributed by atoms with E-state index >= 15 is 0 Å². The first kappa shape index (κ1) is 14.7. The zero-order valence-electron chi connectivity index (χ0n) is 12.0. The van der Waals surface area contributed by atoms with Gasteiger partial charge in [-0.2, -0.15) is 9.83 Å². The summed E-state index contributed by atoms with van der Waals surface area (Å²) in [4.78, 5) is 5.51. The Morgan fingerprint density at radius 3 is 2.95 bits per heavy atom. The Morgan fingerprint density at radius 1 is 1.41 bits per heavy atom. The van der Waals surface area contributed by atoms with E-state index in [1.54, 1.807) is 47.8 Å². The minimum Gasteiger partial charge on any atom is -0.618 e. The quantitative estimate of drug-likeness (QED) is 0.320. The molecule has 3 aromatic rings. The number of thiophene rings is 1. The summed E-state index contributed by atoms with van der Waals surface area (Å²) in [6, 6.07) is 7.06. The van der Waals surface area contributed by atoms with Gasteiger partial charge in [-0.3, -0.25) is 0 Å². The predicted molar refractivity (Wildman–Crippen MR) is 90.8 cm³/mol. The van der Waals surface area contributed by atoms with Gasteiger partial charge in [-0.15, -0.1) is 11.3 Å². The van der Waals surface area contributed by atoms with Crippen molar-refractivity contribution in [1.82, 2.24) is 4.98 Å². The predicted octanol–water partition coefficient (Wildman–Crippen LogP) is 3.36. The van der Waals surface area contributed by atoms with Gasteiger partial charge in [-0.05, 0) is 36.1 Å². The first-order valence-electron chi connectivity index (χ1n) is 6.56. The van der Waals surface area contributed by atoms with Gasteiger partial charge in [0.25, 0.3) is 0 Å². The number of hydrogen-bond donors (Lipinski definition) is 0. The molecule has 5 nitrogen and oxygen atoms in total. The van der Waals surface area contributed by atoms with Crippen molar-refractivity contribution in [2.75, 3.05) is 12.1 Å². The molecule has 22 heavy (non-hydrogen) atoms. The molecule has 0 radical (unpaired) electrons. The molecule has 112 valence electrons. The van der Waals surface area contributed by atoms with Crippen LogP contribution >= 0.6 is 22.9 Å². The van der Waals surface area contributed by atoms with Crippen LogP contribution in [0.5, 0.6) is 0 Å². The average molecular weight is 333 g/mol. The van der Waals surface area contributed by atoms with Crippen LogP contribution in [0.4, 0.5) is 5.82 Å². The van der Waals surface area contributed by atoms with Crippen molar-refractivity contribution in [1.29, 1.82) is 0 Å². The highest BCUT2D eigenvalue weighted by Gasteiger charge is 2.12. The number of rotatable bonds is 3. The van der Waals surface area contributed by atoms with Gasteiger partial charge in [0.2, 0.25) is 17.5 Å². The van der Waals surface area contributed by atoms with Crippen LogP contribution in [0.2, 0.25) is 5.02 Å². The van der Waals surface area contributed by atoms with Crippen molar-refractivity contribution in [2.24, 2.45) is 5.10 Å². The number of hydrazone groups is 1. The molecule has 0 fully saturated rings. The van der Waals surface area contributed by atoms with Crippen molar-refractivity contribution < 1.29 is 4.73 Å². The summed E-state index contributed by atoms with van der Waals surface area (Å²) in [7, 11) is 1.75. The van der Waals surface area contributed by atoms with Crippen molar-refractivity contribution in [3.05, 3.63) is 56.5 Å². The molecule has 0 saturated heterocycles. The molecule has 0 atom stereocenters. The van der Waals surface area contributed by atoms with Crippen LogP contribution in [0.1, 0.15) is 10.4 Å². The normalized spacial score (nSPS) is 11.4. The second kappa shape index (κ2) is 5.90. The van der Waals surface area contributed by atoms with E-state index in [1.807, 2.05) is 18.4 Å². The van der Waals surface area contributed by atoms with Gasteiger partial charge in [0.05, 0.1) is 6.21 Å². The van der Waals surface area contributed by atoms with Crippen molar-refractivity contribution in [2.45, 2.75) is 6.92 Å². The first-order chi connectivity index (χ1) is 10.5. The topological polar surface area (TPSA) is 55.4 Å². The van der Waals surface area contributed by atoms with E-state index in [-0.39, 0.29) is 0 Å². The van der Waals surface area contributed by atoms with Gasteiger partial charge >= 0.3 is 0 Å². The minimum atomic E-state index is 0.433. The maximum Gasteiger partial charge on any atom is 0.244 e. The van der Waals surface area contributed by atoms with Gasteiger partial charge < -0.3 is 5.21 Å². The second-order valence-electron chi connectivity index (χ2n) is 4.79. The second-order valence-corrected chi connectivity index (χ2v) is 6.18. The third-order valence-corrected chi connectivity index (χ3v) is 4.41. The number of aromatic nitrogens is 2. The smallest absolute Gasteiger partial charge is 0.244 e. The standard InChI is InChI=1S/C15H13ClN4OS/c1-10-5-6-22-14(10)8-17-19(2)15-9-20(21)13-7-11(16)3-4-12(13)18-15/h3-9H,1-2H3/b17-8+. The van der Waals surface area contributed by atoms with Crippen LogP contribution in [-0.4, -0.2) is 18.2 Å². The minimum absolute atomic E-state index is 0.433. The highest BCUT2D eigenvalue weighted by atomic mass is 35.5. The van der Waals surface area contributed by atoms with E-state index < -0.39 is 0 Å². The molecule has 3 rings (SSSR count). The highest BCUT2D eigenvalue weighted by Crippen LogP contribution is 2.18. The monoisotopic (exact) mass is 332 g/mol. The summed E-state index contributed by atoms with van der Waals surface area (Å²) in [6.45, 7) is 2.03. The van der Waals surface area contributed by atoms with Crippen LogP contribution in [-0.2, 0) is 0 Å². The molecule has 0 N–H and O–H groups in total. The Hall–Kier alpha value is -2.18. The summed E-state index contributed by atoms with van der Waals surface area (Å²) in [5.74, 6) is 0.468. The van der Waals surface area contributed by atoms with E-state index in [0.717, 1.165) is 9.61 Å². The molecule has 0 aliphatic heterocycles. The Balaban J connectivity index is 1.94. The van der Waals surface area contributed by atoms with Crippen LogP contribution in [0, 0.1) is 12.1 Å². The summed E-state index contributed by atoms with van der Waals surface area (Å²) in [5, 5.41) is 20.5. The lowest BCUT2D eigenvalue weighted by Gasteiger charge is -2.11. The molecule has 0 amide bonds. The van der Waals surface area contributed by atoms with E-state index in [2.05, 4.69) is 10.1 Å². The summed E-state index contributed by atoms with van der Waals surface area (Å²) < 4.78 is 0.756. The molecular formula is C15H13ClN4OS. The number of benzene rings is 1. The zero-order chi connectivity index (χ0) is 15.7. The van der Waals surface area contributed by atoms with Crippen molar-refractivity contribution in [3.8, 4) is 0 Å². The summed E-state index contributed by atoms with van der Waals surface area (Å²) >= 11 is 7.52. The molecule has 0 aliphatic rings.